The van der Waals surface area contributed by atoms with E-state index in [-0.39, 0.29) is 14.5 Å². The van der Waals surface area contributed by atoms with E-state index in [4.69, 9.17) is 10.2 Å². The molecule has 2 aromatic heterocycles. The molecule has 3 nitrogen and oxygen atoms in total. The summed E-state index contributed by atoms with van der Waals surface area (Å²) in [5, 5.41) is 16.6. The van der Waals surface area contributed by atoms with Crippen LogP contribution in [-0.2, 0) is 0 Å². The Morgan fingerprint density at radius 3 is 1.60 bits per heavy atom. The van der Waals surface area contributed by atoms with Crippen LogP contribution in [0.5, 0.6) is 0 Å². The van der Waals surface area contributed by atoms with E-state index in [2.05, 4.69) is 145 Å². The van der Waals surface area contributed by atoms with Gasteiger partial charge in [-0.1, -0.05) is 18.2 Å². The number of benzene rings is 6. The van der Waals surface area contributed by atoms with E-state index in [1.165, 1.54) is 24.9 Å². The molecule has 0 aliphatic carbocycles. The number of hydrogen-bond donors (Lipinski definition) is 0. The molecule has 0 saturated carbocycles. The molecule has 2 heterocycles. The van der Waals surface area contributed by atoms with Crippen molar-refractivity contribution < 1.29 is 0 Å². The summed E-state index contributed by atoms with van der Waals surface area (Å²) in [6, 6.07) is 53.5. The monoisotopic (exact) mass is 615 g/mol. The molecule has 0 amide bonds. The first kappa shape index (κ1) is 25.6. The Bertz CT molecular complexity index is 2240. The average molecular weight is 615 g/mol. The van der Waals surface area contributed by atoms with Crippen LogP contribution in [0.4, 0.5) is 0 Å². The molecule has 0 atom stereocenters. The summed E-state index contributed by atoms with van der Waals surface area (Å²) in [4.78, 5) is 0. The van der Waals surface area contributed by atoms with Gasteiger partial charge in [0.15, 0.2) is 0 Å². The van der Waals surface area contributed by atoms with Crippen LogP contribution in [0.25, 0.3) is 75.2 Å². The third kappa shape index (κ3) is 4.49. The van der Waals surface area contributed by atoms with Gasteiger partial charge in [-0.2, -0.15) is 0 Å². The maximum absolute atomic E-state index is 4.78. The Morgan fingerprint density at radius 2 is 0.884 bits per heavy atom. The summed E-state index contributed by atoms with van der Waals surface area (Å²) in [6.45, 7) is 0. The zero-order valence-corrected chi connectivity index (χ0v) is 24.9. The minimum atomic E-state index is 0.289. The first-order valence-electron chi connectivity index (χ1n) is 14.3. The number of rotatable bonds is 5. The van der Waals surface area contributed by atoms with E-state index in [9.17, 15) is 0 Å². The first-order valence-corrected chi connectivity index (χ1v) is 16.0. The van der Waals surface area contributed by atoms with E-state index < -0.39 is 0 Å². The maximum atomic E-state index is 4.78. The summed E-state index contributed by atoms with van der Waals surface area (Å²) in [6.07, 6.45) is 0. The van der Waals surface area contributed by atoms with Gasteiger partial charge >= 0.3 is 239 Å². The molecule has 8 aromatic rings. The van der Waals surface area contributed by atoms with Gasteiger partial charge in [-0.3, -0.25) is 0 Å². The van der Waals surface area contributed by atoms with Crippen molar-refractivity contribution in [3.05, 3.63) is 152 Å². The van der Waals surface area contributed by atoms with Crippen molar-refractivity contribution in [2.45, 2.75) is 0 Å². The van der Waals surface area contributed by atoms with Crippen molar-refractivity contribution in [3.8, 4) is 55.9 Å². The molecule has 4 heteroatoms. The Balaban J connectivity index is 1.42. The van der Waals surface area contributed by atoms with Gasteiger partial charge in [0.05, 0.1) is 0 Å². The fourth-order valence-corrected chi connectivity index (χ4v) is 8.44. The van der Waals surface area contributed by atoms with E-state index in [0.717, 1.165) is 50.3 Å². The van der Waals surface area contributed by atoms with Crippen molar-refractivity contribution in [2.24, 2.45) is 0 Å². The molecule has 6 aromatic carbocycles. The predicted octanol–water partition coefficient (Wildman–Crippen LogP) is 9.57. The second kappa shape index (κ2) is 10.9. The van der Waals surface area contributed by atoms with Crippen molar-refractivity contribution in [3.63, 3.8) is 0 Å². The standard InChI is InChI=1S/C39H25N3Se/c1-3-14-26(15-4-1)28-18-7-9-20-31(28)38-36(27-16-5-2-6-17-27)39(41-42-40-38)32-21-10-8-19-29(32)30-23-13-25-35-37(30)33-22-11-12-24-34(33)43-35/h1-25H. The third-order valence-corrected chi connectivity index (χ3v) is 10.4. The molecule has 0 fully saturated rings. The number of aromatic nitrogens is 3. The van der Waals surface area contributed by atoms with Gasteiger partial charge in [0, 0.05) is 0 Å². The molecule has 8 rings (SSSR count). The van der Waals surface area contributed by atoms with Crippen molar-refractivity contribution >= 4 is 33.8 Å². The van der Waals surface area contributed by atoms with Crippen LogP contribution in [0.3, 0.4) is 0 Å². The fraction of sp³-hybridized carbons (Fsp3) is 0. The second-order valence-corrected chi connectivity index (χ2v) is 12.7. The minimum absolute atomic E-state index is 0.289. The molecule has 202 valence electrons. The van der Waals surface area contributed by atoms with E-state index in [1.54, 1.807) is 0 Å². The topological polar surface area (TPSA) is 38.7 Å². The van der Waals surface area contributed by atoms with Crippen LogP contribution in [-0.4, -0.2) is 29.9 Å². The molecular formula is C39H25N3Se. The normalized spacial score (nSPS) is 11.3. The van der Waals surface area contributed by atoms with Crippen molar-refractivity contribution in [1.82, 2.24) is 15.4 Å². The molecule has 0 N–H and O–H groups in total. The third-order valence-electron chi connectivity index (χ3n) is 7.97. The van der Waals surface area contributed by atoms with Crippen LogP contribution < -0.4 is 0 Å². The van der Waals surface area contributed by atoms with E-state index in [1.807, 2.05) is 12.1 Å². The summed E-state index contributed by atoms with van der Waals surface area (Å²) in [7, 11) is 0. The molecule has 0 bridgehead atoms. The average Bonchev–Trinajstić information content (AvgIpc) is 3.48. The van der Waals surface area contributed by atoms with Gasteiger partial charge in [0.1, 0.15) is 0 Å². The van der Waals surface area contributed by atoms with Gasteiger partial charge in [0.25, 0.3) is 0 Å². The van der Waals surface area contributed by atoms with Gasteiger partial charge in [-0.15, -0.1) is 0 Å². The summed E-state index contributed by atoms with van der Waals surface area (Å²) in [5.74, 6) is 0. The van der Waals surface area contributed by atoms with Gasteiger partial charge in [-0.25, -0.2) is 0 Å². The molecule has 0 aliphatic rings. The number of fused-ring (bicyclic) bond motifs is 3. The Kier molecular flexibility index (Phi) is 6.49. The quantitative estimate of drug-likeness (QED) is 0.181. The van der Waals surface area contributed by atoms with Gasteiger partial charge < -0.3 is 0 Å². The Morgan fingerprint density at radius 1 is 0.372 bits per heavy atom. The summed E-state index contributed by atoms with van der Waals surface area (Å²) < 4.78 is 2.85. The molecule has 0 spiro atoms. The molecule has 0 radical (unpaired) electrons. The second-order valence-electron chi connectivity index (χ2n) is 10.5. The fourth-order valence-electron chi connectivity index (χ4n) is 6.06. The predicted molar refractivity (Wildman–Crippen MR) is 179 cm³/mol. The molecule has 0 unspecified atom stereocenters. The molecule has 0 saturated heterocycles. The van der Waals surface area contributed by atoms with Gasteiger partial charge in [0.2, 0.25) is 0 Å². The zero-order valence-electron chi connectivity index (χ0n) is 23.2. The molecule has 0 aliphatic heterocycles. The van der Waals surface area contributed by atoms with Crippen LogP contribution in [0.2, 0.25) is 0 Å². The number of hydrogen-bond acceptors (Lipinski definition) is 3. The van der Waals surface area contributed by atoms with Gasteiger partial charge in [-0.05, 0) is 0 Å². The SMILES string of the molecule is c1ccc(-c2ccccc2-c2nnnc(-c3ccccc3-c3cccc4[se]c5ccccc5c34)c2-c2ccccc2)cc1. The van der Waals surface area contributed by atoms with Crippen LogP contribution >= 0.6 is 0 Å². The van der Waals surface area contributed by atoms with Crippen LogP contribution in [0.15, 0.2) is 152 Å². The minimum Gasteiger partial charge on any atom is -0.0617 e. The van der Waals surface area contributed by atoms with E-state index >= 15 is 0 Å². The van der Waals surface area contributed by atoms with Crippen molar-refractivity contribution in [2.75, 3.05) is 0 Å². The molecular weight excluding hydrogens is 589 g/mol. The van der Waals surface area contributed by atoms with Crippen LogP contribution in [0.1, 0.15) is 0 Å². The Labute approximate surface area is 255 Å². The van der Waals surface area contributed by atoms with E-state index in [0.29, 0.717) is 0 Å². The summed E-state index contributed by atoms with van der Waals surface area (Å²) >= 11 is 0.289. The summed E-state index contributed by atoms with van der Waals surface area (Å²) in [5.41, 5.74) is 10.4. The first-order chi connectivity index (χ1) is 21.4. The van der Waals surface area contributed by atoms with Crippen molar-refractivity contribution in [1.29, 1.82) is 0 Å². The molecule has 43 heavy (non-hydrogen) atoms. The Hall–Kier alpha value is -5.15. The smallest absolute Gasteiger partial charge is 0.0617 e. The zero-order chi connectivity index (χ0) is 28.6. The number of nitrogens with zero attached hydrogens (tertiary/aromatic N) is 3. The van der Waals surface area contributed by atoms with Crippen LogP contribution in [0, 0.1) is 0 Å².